The van der Waals surface area contributed by atoms with Gasteiger partial charge in [0.15, 0.2) is 0 Å². The minimum atomic E-state index is -1.70. The molecule has 0 radical (unpaired) electrons. The number of para-hydroxylation sites is 1. The van der Waals surface area contributed by atoms with Crippen molar-refractivity contribution in [1.29, 1.82) is 0 Å². The first kappa shape index (κ1) is 21.0. The maximum absolute atomic E-state index is 14.7. The smallest absolute Gasteiger partial charge is 0.340 e. The number of aromatic amines is 1. The highest BCUT2D eigenvalue weighted by atomic mass is 35.5. The minimum Gasteiger partial charge on any atom is -0.465 e. The number of amides is 1. The zero-order valence-corrected chi connectivity index (χ0v) is 18.4. The molecule has 0 bridgehead atoms. The Morgan fingerprint density at radius 1 is 1.30 bits per heavy atom. The number of aromatic nitrogens is 2. The molecule has 1 spiro atoms. The summed E-state index contributed by atoms with van der Waals surface area (Å²) in [5.41, 5.74) is 6.23. The molecule has 1 amide bonds. The quantitative estimate of drug-likeness (QED) is 0.571. The van der Waals surface area contributed by atoms with Crippen LogP contribution in [0.5, 0.6) is 5.88 Å². The number of rotatable bonds is 3. The van der Waals surface area contributed by atoms with E-state index in [0.717, 1.165) is 0 Å². The zero-order valence-electron chi connectivity index (χ0n) is 17.6. The van der Waals surface area contributed by atoms with Gasteiger partial charge < -0.3 is 20.1 Å². The molecule has 168 valence electrons. The van der Waals surface area contributed by atoms with Gasteiger partial charge in [0.05, 0.1) is 19.2 Å². The summed E-state index contributed by atoms with van der Waals surface area (Å²) < 4.78 is 25.2. The first-order chi connectivity index (χ1) is 15.8. The Kier molecular flexibility index (Phi) is 4.68. The number of ether oxygens (including phenoxy) is 2. The summed E-state index contributed by atoms with van der Waals surface area (Å²) in [6.07, 6.45) is 0. The third-order valence-electron chi connectivity index (χ3n) is 6.05. The molecule has 0 saturated carbocycles. The van der Waals surface area contributed by atoms with Gasteiger partial charge in [0.1, 0.15) is 16.8 Å². The molecule has 1 atom stereocenters. The number of carbonyl (C=O) groups is 2. The van der Waals surface area contributed by atoms with E-state index in [-0.39, 0.29) is 34.5 Å². The lowest BCUT2D eigenvalue weighted by Crippen LogP contribution is -2.48. The third-order valence-corrected chi connectivity index (χ3v) is 6.40. The number of anilines is 1. The fraction of sp³-hybridized carbons (Fsp3) is 0.174. The number of esters is 1. The van der Waals surface area contributed by atoms with E-state index in [2.05, 4.69) is 10.2 Å². The summed E-state index contributed by atoms with van der Waals surface area (Å²) in [4.78, 5) is 28.7. The molecule has 10 heteroatoms. The molecule has 0 unspecified atom stereocenters. The monoisotopic (exact) mass is 468 g/mol. The SMILES string of the molecule is COC(=O)C1=C(N)Oc2n[nH]c(C)c2[C@@]12C(=O)N(Cc1c(F)cccc1Cl)c1ccccc12. The molecule has 3 heterocycles. The van der Waals surface area contributed by atoms with Crippen LogP contribution in [0.2, 0.25) is 5.02 Å². The average Bonchev–Trinajstić information content (AvgIpc) is 3.27. The zero-order chi connectivity index (χ0) is 23.5. The van der Waals surface area contributed by atoms with Crippen molar-refractivity contribution in [3.05, 3.63) is 87.1 Å². The molecule has 5 rings (SSSR count). The average molecular weight is 469 g/mol. The molecule has 2 aliphatic heterocycles. The molecule has 0 aliphatic carbocycles. The van der Waals surface area contributed by atoms with Crippen LogP contribution in [0.1, 0.15) is 22.4 Å². The second-order valence-electron chi connectivity index (χ2n) is 7.72. The Balaban J connectivity index is 1.81. The number of halogens is 2. The summed E-state index contributed by atoms with van der Waals surface area (Å²) >= 11 is 6.26. The Morgan fingerprint density at radius 2 is 2.06 bits per heavy atom. The summed E-state index contributed by atoms with van der Waals surface area (Å²) in [5, 5.41) is 7.10. The van der Waals surface area contributed by atoms with Crippen LogP contribution >= 0.6 is 11.6 Å². The fourth-order valence-corrected chi connectivity index (χ4v) is 4.90. The number of nitrogens with one attached hydrogen (secondary N) is 1. The molecule has 33 heavy (non-hydrogen) atoms. The van der Waals surface area contributed by atoms with Crippen LogP contribution in [0, 0.1) is 12.7 Å². The van der Waals surface area contributed by atoms with Crippen molar-refractivity contribution < 1.29 is 23.5 Å². The van der Waals surface area contributed by atoms with Crippen molar-refractivity contribution in [2.75, 3.05) is 12.0 Å². The summed E-state index contributed by atoms with van der Waals surface area (Å²) in [6.45, 7) is 1.55. The van der Waals surface area contributed by atoms with E-state index < -0.39 is 23.1 Å². The predicted molar refractivity (Wildman–Crippen MR) is 117 cm³/mol. The van der Waals surface area contributed by atoms with Crippen LogP contribution in [0.4, 0.5) is 10.1 Å². The van der Waals surface area contributed by atoms with Gasteiger partial charge in [-0.3, -0.25) is 9.89 Å². The maximum atomic E-state index is 14.7. The number of hydrogen-bond acceptors (Lipinski definition) is 6. The van der Waals surface area contributed by atoms with Gasteiger partial charge in [0.25, 0.3) is 0 Å². The van der Waals surface area contributed by atoms with Crippen LogP contribution in [-0.2, 0) is 26.3 Å². The molecule has 1 aromatic heterocycles. The number of nitrogens with zero attached hydrogens (tertiary/aromatic N) is 2. The fourth-order valence-electron chi connectivity index (χ4n) is 4.68. The molecular formula is C23H18ClFN4O4. The van der Waals surface area contributed by atoms with E-state index in [9.17, 15) is 14.0 Å². The summed E-state index contributed by atoms with van der Waals surface area (Å²) in [7, 11) is 1.19. The van der Waals surface area contributed by atoms with Crippen molar-refractivity contribution >= 4 is 29.2 Å². The van der Waals surface area contributed by atoms with Crippen LogP contribution in [0.25, 0.3) is 0 Å². The van der Waals surface area contributed by atoms with Crippen LogP contribution < -0.4 is 15.4 Å². The Morgan fingerprint density at radius 3 is 2.79 bits per heavy atom. The minimum absolute atomic E-state index is 0.0755. The van der Waals surface area contributed by atoms with E-state index in [1.807, 2.05) is 0 Å². The van der Waals surface area contributed by atoms with Crippen molar-refractivity contribution in [3.8, 4) is 5.88 Å². The van der Waals surface area contributed by atoms with Gasteiger partial charge in [0.2, 0.25) is 17.7 Å². The van der Waals surface area contributed by atoms with E-state index >= 15 is 0 Å². The predicted octanol–water partition coefficient (Wildman–Crippen LogP) is 3.08. The topological polar surface area (TPSA) is 111 Å². The Labute approximate surface area is 192 Å². The van der Waals surface area contributed by atoms with Gasteiger partial charge in [-0.1, -0.05) is 35.9 Å². The Bertz CT molecular complexity index is 1350. The van der Waals surface area contributed by atoms with Crippen molar-refractivity contribution in [2.45, 2.75) is 18.9 Å². The van der Waals surface area contributed by atoms with E-state index in [1.165, 1.54) is 24.1 Å². The third kappa shape index (κ3) is 2.72. The van der Waals surface area contributed by atoms with E-state index in [4.69, 9.17) is 26.8 Å². The molecule has 3 aromatic rings. The van der Waals surface area contributed by atoms with Crippen molar-refractivity contribution in [2.24, 2.45) is 5.73 Å². The number of methoxy groups -OCH3 is 1. The van der Waals surface area contributed by atoms with E-state index in [0.29, 0.717) is 22.5 Å². The van der Waals surface area contributed by atoms with Gasteiger partial charge in [-0.15, -0.1) is 5.10 Å². The second kappa shape index (κ2) is 7.35. The molecule has 0 fully saturated rings. The number of benzene rings is 2. The normalized spacial score (nSPS) is 18.9. The lowest BCUT2D eigenvalue weighted by Gasteiger charge is -2.34. The molecule has 8 nitrogen and oxygen atoms in total. The number of hydrogen-bond donors (Lipinski definition) is 2. The standard InChI is InChI=1S/C23H18ClFN4O4/c1-11-17-20(28-27-11)33-19(26)18(21(30)32-2)23(17)13-6-3-4-9-16(13)29(22(23)31)10-12-14(24)7-5-8-15(12)25/h3-9H,10,26H2,1-2H3,(H,27,28)/t23-/m1/s1. The highest BCUT2D eigenvalue weighted by molar-refractivity contribution is 6.31. The van der Waals surface area contributed by atoms with Crippen LogP contribution in [-0.4, -0.2) is 29.2 Å². The molecule has 2 aliphatic rings. The molecule has 2 aromatic carbocycles. The number of fused-ring (bicyclic) bond motifs is 4. The van der Waals surface area contributed by atoms with Crippen LogP contribution in [0.15, 0.2) is 53.9 Å². The van der Waals surface area contributed by atoms with Crippen molar-refractivity contribution in [1.82, 2.24) is 10.2 Å². The van der Waals surface area contributed by atoms with Gasteiger partial charge in [0, 0.05) is 27.5 Å². The highest BCUT2D eigenvalue weighted by Crippen LogP contribution is 2.56. The number of nitrogens with two attached hydrogens (primary N) is 1. The van der Waals surface area contributed by atoms with Gasteiger partial charge in [-0.25, -0.2) is 9.18 Å². The van der Waals surface area contributed by atoms with Crippen molar-refractivity contribution in [3.63, 3.8) is 0 Å². The largest absolute Gasteiger partial charge is 0.465 e. The molecule has 3 N–H and O–H groups in total. The first-order valence-corrected chi connectivity index (χ1v) is 10.4. The number of H-pyrrole nitrogens is 1. The van der Waals surface area contributed by atoms with Gasteiger partial charge in [-0.2, -0.15) is 0 Å². The van der Waals surface area contributed by atoms with Crippen LogP contribution in [0.3, 0.4) is 0 Å². The summed E-state index contributed by atoms with van der Waals surface area (Å²) in [6, 6.07) is 11.2. The maximum Gasteiger partial charge on any atom is 0.340 e. The van der Waals surface area contributed by atoms with E-state index in [1.54, 1.807) is 37.3 Å². The van der Waals surface area contributed by atoms with Gasteiger partial charge >= 0.3 is 5.97 Å². The lowest BCUT2D eigenvalue weighted by atomic mass is 9.68. The first-order valence-electron chi connectivity index (χ1n) is 9.98. The highest BCUT2D eigenvalue weighted by Gasteiger charge is 2.62. The number of aryl methyl sites for hydroxylation is 1. The number of carbonyl (C=O) groups excluding carboxylic acids is 2. The summed E-state index contributed by atoms with van der Waals surface area (Å²) in [5.74, 6) is -2.13. The Hall–Kier alpha value is -3.85. The molecular weight excluding hydrogens is 451 g/mol. The second-order valence-corrected chi connectivity index (χ2v) is 8.13. The molecule has 0 saturated heterocycles. The lowest BCUT2D eigenvalue weighted by molar-refractivity contribution is -0.138. The van der Waals surface area contributed by atoms with Gasteiger partial charge in [-0.05, 0) is 25.1 Å².